The summed E-state index contributed by atoms with van der Waals surface area (Å²) < 4.78 is 0. The number of anilines is 1. The number of rotatable bonds is 4. The molecular formula is C15H19N3O3S. The predicted molar refractivity (Wildman–Crippen MR) is 82.9 cm³/mol. The molecule has 2 amide bonds. The van der Waals surface area contributed by atoms with Gasteiger partial charge in [0.2, 0.25) is 11.8 Å². The summed E-state index contributed by atoms with van der Waals surface area (Å²) in [5.74, 6) is -0.205. The van der Waals surface area contributed by atoms with E-state index in [0.717, 1.165) is 25.0 Å². The van der Waals surface area contributed by atoms with Crippen LogP contribution < -0.4 is 10.6 Å². The Hall–Kier alpha value is -1.76. The summed E-state index contributed by atoms with van der Waals surface area (Å²) in [6.45, 7) is 4.02. The maximum atomic E-state index is 12.1. The number of aromatic nitrogens is 1. The smallest absolute Gasteiger partial charge is 0.245 e. The Morgan fingerprint density at radius 3 is 2.73 bits per heavy atom. The molecule has 0 aliphatic heterocycles. The lowest BCUT2D eigenvalue weighted by Gasteiger charge is -2.26. The van der Waals surface area contributed by atoms with Crippen LogP contribution in [0.4, 0.5) is 5.13 Å². The highest BCUT2D eigenvalue weighted by atomic mass is 32.1. The standard InChI is InChI=1S/C15H19N3O3S/c1-15(2)5-9-12(10(19)6-15)22-14(17-9)18-11(20)7-16-13(21)8-3-4-8/h8H,3-7H2,1-2H3,(H,16,21)(H,17,18,20). The van der Waals surface area contributed by atoms with Crippen molar-refractivity contribution >= 4 is 34.1 Å². The molecule has 7 heteroatoms. The summed E-state index contributed by atoms with van der Waals surface area (Å²) in [5.41, 5.74) is 0.682. The molecule has 0 radical (unpaired) electrons. The van der Waals surface area contributed by atoms with Gasteiger partial charge in [0.25, 0.3) is 0 Å². The average Bonchev–Trinajstić information content (AvgIpc) is 3.17. The molecule has 2 aliphatic rings. The lowest BCUT2D eigenvalue weighted by atomic mass is 9.78. The van der Waals surface area contributed by atoms with Gasteiger partial charge < -0.3 is 10.6 Å². The lowest BCUT2D eigenvalue weighted by Crippen LogP contribution is -2.33. The van der Waals surface area contributed by atoms with E-state index in [9.17, 15) is 14.4 Å². The molecule has 1 aromatic heterocycles. The van der Waals surface area contributed by atoms with Crippen LogP contribution in [0, 0.1) is 11.3 Å². The summed E-state index contributed by atoms with van der Waals surface area (Å²) in [4.78, 5) is 40.4. The highest BCUT2D eigenvalue weighted by Gasteiger charge is 2.34. The van der Waals surface area contributed by atoms with Crippen LogP contribution in [-0.4, -0.2) is 29.1 Å². The van der Waals surface area contributed by atoms with Crippen molar-refractivity contribution in [3.8, 4) is 0 Å². The lowest BCUT2D eigenvalue weighted by molar-refractivity contribution is -0.125. The van der Waals surface area contributed by atoms with E-state index >= 15 is 0 Å². The fourth-order valence-corrected chi connectivity index (χ4v) is 3.53. The van der Waals surface area contributed by atoms with E-state index < -0.39 is 0 Å². The van der Waals surface area contributed by atoms with Gasteiger partial charge in [0.15, 0.2) is 10.9 Å². The van der Waals surface area contributed by atoms with Crippen molar-refractivity contribution in [3.63, 3.8) is 0 Å². The Morgan fingerprint density at radius 1 is 1.32 bits per heavy atom. The number of ketones is 1. The molecule has 118 valence electrons. The van der Waals surface area contributed by atoms with E-state index in [1.807, 2.05) is 13.8 Å². The fourth-order valence-electron chi connectivity index (χ4n) is 2.59. The van der Waals surface area contributed by atoms with Crippen molar-refractivity contribution in [2.75, 3.05) is 11.9 Å². The first kappa shape index (κ1) is 15.1. The van der Waals surface area contributed by atoms with E-state index in [2.05, 4.69) is 15.6 Å². The van der Waals surface area contributed by atoms with E-state index in [1.54, 1.807) is 0 Å². The minimum Gasteiger partial charge on any atom is -0.347 e. The molecule has 0 atom stereocenters. The van der Waals surface area contributed by atoms with Crippen LogP contribution in [0.15, 0.2) is 0 Å². The first-order valence-corrected chi connectivity index (χ1v) is 8.26. The van der Waals surface area contributed by atoms with E-state index in [0.29, 0.717) is 16.4 Å². The zero-order valence-electron chi connectivity index (χ0n) is 12.7. The van der Waals surface area contributed by atoms with Gasteiger partial charge in [-0.05, 0) is 24.7 Å². The highest BCUT2D eigenvalue weighted by Crippen LogP contribution is 2.38. The van der Waals surface area contributed by atoms with E-state index in [-0.39, 0.29) is 35.5 Å². The number of carbonyl (C=O) groups is 3. The van der Waals surface area contributed by atoms with Gasteiger partial charge in [0.1, 0.15) is 0 Å². The molecule has 3 rings (SSSR count). The second kappa shape index (κ2) is 5.46. The molecule has 1 aromatic rings. The molecule has 0 bridgehead atoms. The van der Waals surface area contributed by atoms with Gasteiger partial charge in [-0.1, -0.05) is 25.2 Å². The number of thiazole rings is 1. The third-order valence-corrected chi connectivity index (χ3v) is 4.91. The van der Waals surface area contributed by atoms with Crippen molar-refractivity contribution in [3.05, 3.63) is 10.6 Å². The minimum atomic E-state index is -0.313. The fraction of sp³-hybridized carbons (Fsp3) is 0.600. The number of nitrogens with zero attached hydrogens (tertiary/aromatic N) is 1. The molecule has 0 saturated heterocycles. The van der Waals surface area contributed by atoms with Gasteiger partial charge in [-0.3, -0.25) is 14.4 Å². The predicted octanol–water partition coefficient (Wildman–Crippen LogP) is 1.76. The summed E-state index contributed by atoms with van der Waals surface area (Å²) in [6, 6.07) is 0. The topological polar surface area (TPSA) is 88.2 Å². The van der Waals surface area contributed by atoms with Crippen LogP contribution in [0.3, 0.4) is 0 Å². The van der Waals surface area contributed by atoms with Crippen molar-refractivity contribution < 1.29 is 14.4 Å². The van der Waals surface area contributed by atoms with Crippen molar-refractivity contribution in [2.45, 2.75) is 39.5 Å². The Labute approximate surface area is 132 Å². The van der Waals surface area contributed by atoms with Gasteiger partial charge in [-0.15, -0.1) is 0 Å². The monoisotopic (exact) mass is 321 g/mol. The average molecular weight is 321 g/mol. The van der Waals surface area contributed by atoms with Gasteiger partial charge in [0.05, 0.1) is 17.1 Å². The zero-order valence-corrected chi connectivity index (χ0v) is 13.5. The van der Waals surface area contributed by atoms with Gasteiger partial charge in [0, 0.05) is 12.3 Å². The summed E-state index contributed by atoms with van der Waals surface area (Å²) in [5, 5.41) is 5.70. The molecule has 0 aromatic carbocycles. The van der Waals surface area contributed by atoms with Crippen LogP contribution in [0.1, 0.15) is 48.5 Å². The summed E-state index contributed by atoms with van der Waals surface area (Å²) in [7, 11) is 0. The maximum absolute atomic E-state index is 12.1. The number of fused-ring (bicyclic) bond motifs is 1. The number of hydrogen-bond donors (Lipinski definition) is 2. The zero-order chi connectivity index (χ0) is 15.9. The normalized spacial score (nSPS) is 19.5. The Kier molecular flexibility index (Phi) is 3.76. The second-order valence-corrected chi connectivity index (χ2v) is 7.78. The van der Waals surface area contributed by atoms with Crippen LogP contribution in [0.25, 0.3) is 0 Å². The van der Waals surface area contributed by atoms with E-state index in [4.69, 9.17) is 0 Å². The van der Waals surface area contributed by atoms with Crippen LogP contribution in [-0.2, 0) is 16.0 Å². The van der Waals surface area contributed by atoms with Crippen molar-refractivity contribution in [1.82, 2.24) is 10.3 Å². The highest BCUT2D eigenvalue weighted by molar-refractivity contribution is 7.17. The first-order valence-electron chi connectivity index (χ1n) is 7.44. The SMILES string of the molecule is CC1(C)CC(=O)c2sc(NC(=O)CNC(=O)C3CC3)nc2C1. The Balaban J connectivity index is 1.60. The number of carbonyl (C=O) groups excluding carboxylic acids is 3. The Morgan fingerprint density at radius 2 is 2.05 bits per heavy atom. The van der Waals surface area contributed by atoms with Crippen molar-refractivity contribution in [1.29, 1.82) is 0 Å². The third-order valence-electron chi connectivity index (χ3n) is 3.85. The molecule has 1 fully saturated rings. The molecular weight excluding hydrogens is 302 g/mol. The quantitative estimate of drug-likeness (QED) is 0.884. The van der Waals surface area contributed by atoms with Crippen LogP contribution in [0.2, 0.25) is 0 Å². The number of Topliss-reactive ketones (excluding diaryl/α,β-unsaturated/α-hetero) is 1. The number of amides is 2. The van der Waals surface area contributed by atoms with Gasteiger partial charge in [-0.25, -0.2) is 4.98 Å². The number of nitrogens with one attached hydrogen (secondary N) is 2. The summed E-state index contributed by atoms with van der Waals surface area (Å²) in [6.07, 6.45) is 3.06. The van der Waals surface area contributed by atoms with Crippen LogP contribution in [0.5, 0.6) is 0 Å². The molecule has 22 heavy (non-hydrogen) atoms. The molecule has 1 heterocycles. The molecule has 0 unspecified atom stereocenters. The van der Waals surface area contributed by atoms with E-state index in [1.165, 1.54) is 11.3 Å². The van der Waals surface area contributed by atoms with Crippen molar-refractivity contribution in [2.24, 2.45) is 11.3 Å². The van der Waals surface area contributed by atoms with Crippen LogP contribution >= 0.6 is 11.3 Å². The molecule has 1 saturated carbocycles. The van der Waals surface area contributed by atoms with Gasteiger partial charge >= 0.3 is 0 Å². The number of hydrogen-bond acceptors (Lipinski definition) is 5. The molecule has 2 N–H and O–H groups in total. The second-order valence-electron chi connectivity index (χ2n) is 6.78. The largest absolute Gasteiger partial charge is 0.347 e. The third kappa shape index (κ3) is 3.35. The molecule has 2 aliphatic carbocycles. The molecule has 6 nitrogen and oxygen atoms in total. The maximum Gasteiger partial charge on any atom is 0.245 e. The molecule has 0 spiro atoms. The Bertz CT molecular complexity index is 646. The first-order chi connectivity index (χ1) is 10.3. The van der Waals surface area contributed by atoms with Gasteiger partial charge in [-0.2, -0.15) is 0 Å². The summed E-state index contributed by atoms with van der Waals surface area (Å²) >= 11 is 1.22. The minimum absolute atomic E-state index is 0.0565.